The Morgan fingerprint density at radius 1 is 0.179 bits per heavy atom. The average molecular weight is 1750 g/mol. The second kappa shape index (κ2) is 50.3. The van der Waals surface area contributed by atoms with Crippen molar-refractivity contribution in [3.05, 3.63) is 101 Å². The molecule has 0 aliphatic heterocycles. The van der Waals surface area contributed by atoms with Crippen LogP contribution in [0.25, 0.3) is 0 Å². The monoisotopic (exact) mass is 1740 g/mol. The van der Waals surface area contributed by atoms with E-state index in [2.05, 4.69) is 52.6 Å². The molecule has 0 aromatic carbocycles. The van der Waals surface area contributed by atoms with Gasteiger partial charge in [0.2, 0.25) is 0 Å². The number of allylic oxidation sites excluding steroid dienone is 8. The molecule has 0 N–H and O–H groups in total. The molecule has 24 nitrogen and oxygen atoms in total. The first kappa shape index (κ1) is 107. The Kier molecular flexibility index (Phi) is 48.2. The third-order valence-corrected chi connectivity index (χ3v) is 27.9. The molecule has 0 spiro atoms. The first-order chi connectivity index (χ1) is 51.5. The van der Waals surface area contributed by atoms with E-state index in [1.54, 1.807) is 0 Å². The lowest BCUT2D eigenvalue weighted by atomic mass is 9.78. The van der Waals surface area contributed by atoms with Gasteiger partial charge in [0, 0.05) is 0 Å². The minimum absolute atomic E-state index is 0.165. The normalized spacial score (nSPS) is 34.0. The summed E-state index contributed by atoms with van der Waals surface area (Å²) in [7, 11) is -26.6. The van der Waals surface area contributed by atoms with Crippen molar-refractivity contribution >= 4 is 80.9 Å². The van der Waals surface area contributed by atoms with Crippen molar-refractivity contribution in [3.63, 3.8) is 0 Å². The Morgan fingerprint density at radius 3 is 0.321 bits per heavy atom. The van der Waals surface area contributed by atoms with Crippen LogP contribution in [-0.4, -0.2) is 166 Å². The fourth-order valence-electron chi connectivity index (χ4n) is 16.4. The van der Waals surface area contributed by atoms with Gasteiger partial charge in [0.1, 0.15) is 0 Å². The van der Waals surface area contributed by atoms with Crippen molar-refractivity contribution in [2.45, 2.75) is 258 Å². The maximum absolute atomic E-state index is 11.0. The molecule has 0 heterocycles. The number of hydrogen-bond donors (Lipinski definition) is 0. The van der Waals surface area contributed by atoms with E-state index in [1.807, 2.05) is 104 Å². The zero-order valence-electron chi connectivity index (χ0n) is 70.2. The predicted octanol–water partition coefficient (Wildman–Crippen LogP) is 15.6. The SMILES string of the molecule is C=C[C@@H]1CCC[C@@H](OS(C)(=O)=O)[C@@H]1C.C=C[C@@H]1CCC[C@@H](OS(C)(=O)=O)[C@H]1C.C=C[C@@H]1CCC[C@H](OS(C)(=O)=O)[C@@H]1C.C=C[C@@H]1CCC[C@H](OS(C)(=O)=O)[C@H]1C.C=C[C@H]1CCC[C@@H](OS(C)(=O)=O)[C@@H]1C.C=C[C@H]1CCC[C@@H](OS(C)(=O)=O)[C@H]1C.C=C[C@H]1CCC[C@H](OS(C)(=O)=O)[C@@H]1C.C=C[C@H]1CCC[C@H](OS(C)(=O)=O)[C@H]1C. The van der Waals surface area contributed by atoms with Crippen LogP contribution in [0.1, 0.15) is 209 Å². The lowest BCUT2D eigenvalue weighted by molar-refractivity contribution is 0.0851. The fraction of sp³-hybridized carbons (Fsp3) is 0.800. The van der Waals surface area contributed by atoms with Gasteiger partial charge in [0.25, 0.3) is 80.9 Å². The zero-order chi connectivity index (χ0) is 86.1. The standard InChI is InChI=1S/8C10H18O3S/c8*1-4-9-6-5-7-10(8(9)2)13-14(3,11)12/h8*4,8-10H,1,5-7H2,2-3H3/t2*8-,9+,10+;2*8-,9+,10-;2*8-,9-,10+;2*8-,9-,10-/m10101010/s1. The van der Waals surface area contributed by atoms with Crippen molar-refractivity contribution in [3.8, 4) is 0 Å². The van der Waals surface area contributed by atoms with Crippen LogP contribution in [0, 0.1) is 94.7 Å². The van der Waals surface area contributed by atoms with Crippen LogP contribution in [0.3, 0.4) is 0 Å². The van der Waals surface area contributed by atoms with E-state index >= 15 is 0 Å². The summed E-state index contributed by atoms with van der Waals surface area (Å²) in [4.78, 5) is 0. The van der Waals surface area contributed by atoms with Gasteiger partial charge in [-0.25, -0.2) is 0 Å². The fourth-order valence-corrected chi connectivity index (χ4v) is 22.2. The second-order valence-electron chi connectivity index (χ2n) is 32.2. The van der Waals surface area contributed by atoms with E-state index in [-0.39, 0.29) is 96.2 Å². The van der Waals surface area contributed by atoms with Crippen molar-refractivity contribution < 1.29 is 101 Å². The Morgan fingerprint density at radius 2 is 0.259 bits per heavy atom. The van der Waals surface area contributed by atoms with E-state index in [0.717, 1.165) is 204 Å². The van der Waals surface area contributed by atoms with E-state index in [9.17, 15) is 67.3 Å². The number of hydrogen-bond acceptors (Lipinski definition) is 24. The summed E-state index contributed by atoms with van der Waals surface area (Å²) in [5, 5.41) is 0. The van der Waals surface area contributed by atoms with Gasteiger partial charge < -0.3 is 0 Å². The van der Waals surface area contributed by atoms with Gasteiger partial charge in [-0.3, -0.25) is 33.5 Å². The largest absolute Gasteiger partial charge is 0.267 e. The van der Waals surface area contributed by atoms with Gasteiger partial charge in [0.15, 0.2) is 0 Å². The lowest BCUT2D eigenvalue weighted by Crippen LogP contribution is -2.33. The Labute approximate surface area is 681 Å². The summed E-state index contributed by atoms with van der Waals surface area (Å²) < 4.78 is 216. The molecule has 0 bridgehead atoms. The van der Waals surface area contributed by atoms with Crippen LogP contribution >= 0.6 is 0 Å². The average Bonchev–Trinajstić information content (AvgIpc) is 0.902. The molecule has 8 saturated carbocycles. The van der Waals surface area contributed by atoms with Crippen LogP contribution in [0.2, 0.25) is 0 Å². The molecular formula is C80H144O24S8. The number of rotatable bonds is 24. The topological polar surface area (TPSA) is 347 Å². The van der Waals surface area contributed by atoms with Crippen LogP contribution in [0.15, 0.2) is 101 Å². The van der Waals surface area contributed by atoms with Crippen molar-refractivity contribution in [2.75, 3.05) is 50.0 Å². The minimum Gasteiger partial charge on any atom is -0.267 e. The molecular weight excluding hydrogens is 1600 g/mol. The van der Waals surface area contributed by atoms with Crippen molar-refractivity contribution in [1.82, 2.24) is 0 Å². The molecule has 0 radical (unpaired) electrons. The summed E-state index contributed by atoms with van der Waals surface area (Å²) in [6, 6.07) is 0. The molecule has 112 heavy (non-hydrogen) atoms. The maximum atomic E-state index is 11.0. The highest BCUT2D eigenvalue weighted by Crippen LogP contribution is 2.40. The van der Waals surface area contributed by atoms with Gasteiger partial charge in [-0.1, -0.05) is 155 Å². The minimum atomic E-state index is -3.32. The first-order valence-electron chi connectivity index (χ1n) is 39.6. The van der Waals surface area contributed by atoms with E-state index in [1.165, 1.54) is 0 Å². The molecule has 0 aromatic rings. The van der Waals surface area contributed by atoms with Crippen LogP contribution in [0.5, 0.6) is 0 Å². The Hall–Kier alpha value is -2.80. The highest BCUT2D eigenvalue weighted by molar-refractivity contribution is 7.87. The Bertz CT molecular complexity index is 3100. The first-order valence-corrected chi connectivity index (χ1v) is 54.1. The summed E-state index contributed by atoms with van der Waals surface area (Å²) in [5.41, 5.74) is 0. The molecule has 8 fully saturated rings. The third kappa shape index (κ3) is 44.3. The summed E-state index contributed by atoms with van der Waals surface area (Å²) in [6.07, 6.45) is 46.3. The molecule has 32 heteroatoms. The molecule has 24 atom stereocenters. The Balaban J connectivity index is 0.000000640. The van der Waals surface area contributed by atoms with Crippen LogP contribution < -0.4 is 0 Å². The van der Waals surface area contributed by atoms with Crippen molar-refractivity contribution in [1.29, 1.82) is 0 Å². The summed E-state index contributed by atoms with van der Waals surface area (Å²) >= 11 is 0. The van der Waals surface area contributed by atoms with E-state index < -0.39 is 80.9 Å². The van der Waals surface area contributed by atoms with Crippen LogP contribution in [-0.2, 0) is 114 Å². The highest BCUT2D eigenvalue weighted by Gasteiger charge is 2.38. The molecule has 8 rings (SSSR count). The van der Waals surface area contributed by atoms with Gasteiger partial charge in [-0.15, -0.1) is 52.6 Å². The quantitative estimate of drug-likeness (QED) is 0.0640. The van der Waals surface area contributed by atoms with Gasteiger partial charge in [0.05, 0.1) is 98.9 Å². The predicted molar refractivity (Wildman–Crippen MR) is 451 cm³/mol. The lowest BCUT2D eigenvalue weighted by Gasteiger charge is -2.33. The van der Waals surface area contributed by atoms with E-state index in [0.29, 0.717) is 47.3 Å². The second-order valence-corrected chi connectivity index (χ2v) is 45.0. The molecule has 0 aromatic heterocycles. The van der Waals surface area contributed by atoms with Gasteiger partial charge >= 0.3 is 0 Å². The molecule has 8 aliphatic rings. The van der Waals surface area contributed by atoms with Crippen molar-refractivity contribution in [2.24, 2.45) is 94.7 Å². The molecule has 8 aliphatic carbocycles. The summed E-state index contributed by atoms with van der Waals surface area (Å²) in [5.74, 6) is 5.05. The molecule has 0 amide bonds. The molecule has 656 valence electrons. The molecule has 0 saturated heterocycles. The zero-order valence-corrected chi connectivity index (χ0v) is 76.7. The third-order valence-electron chi connectivity index (χ3n) is 23.1. The highest BCUT2D eigenvalue weighted by atomic mass is 32.2. The molecule has 0 unspecified atom stereocenters. The maximum Gasteiger partial charge on any atom is 0.264 e. The van der Waals surface area contributed by atoms with Gasteiger partial charge in [-0.2, -0.15) is 67.3 Å². The van der Waals surface area contributed by atoms with E-state index in [4.69, 9.17) is 33.5 Å². The van der Waals surface area contributed by atoms with Crippen LogP contribution in [0.4, 0.5) is 0 Å². The van der Waals surface area contributed by atoms with Gasteiger partial charge in [-0.05, 0) is 197 Å². The summed E-state index contributed by atoms with van der Waals surface area (Å²) in [6.45, 7) is 46.3. The smallest absolute Gasteiger partial charge is 0.264 e.